The summed E-state index contributed by atoms with van der Waals surface area (Å²) in [7, 11) is 0. The Morgan fingerprint density at radius 2 is 1.61 bits per heavy atom. The summed E-state index contributed by atoms with van der Waals surface area (Å²) in [6.45, 7) is 7.02. The molecular formula is C22H26N2O4. The lowest BCUT2D eigenvalue weighted by atomic mass is 10.1. The van der Waals surface area contributed by atoms with E-state index in [0.29, 0.717) is 11.3 Å². The van der Waals surface area contributed by atoms with E-state index >= 15 is 0 Å². The van der Waals surface area contributed by atoms with Crippen LogP contribution in [-0.4, -0.2) is 30.4 Å². The van der Waals surface area contributed by atoms with Gasteiger partial charge in [-0.25, -0.2) is 0 Å². The molecule has 2 amide bonds. The molecule has 0 aliphatic carbocycles. The highest BCUT2D eigenvalue weighted by Crippen LogP contribution is 2.11. The van der Waals surface area contributed by atoms with Crippen LogP contribution < -0.4 is 10.6 Å². The lowest BCUT2D eigenvalue weighted by Gasteiger charge is -2.14. The van der Waals surface area contributed by atoms with Gasteiger partial charge in [0.05, 0.1) is 0 Å². The zero-order chi connectivity index (χ0) is 20.7. The normalized spacial score (nSPS) is 11.4. The van der Waals surface area contributed by atoms with Gasteiger partial charge >= 0.3 is 5.97 Å². The highest BCUT2D eigenvalue weighted by atomic mass is 16.5. The Morgan fingerprint density at radius 1 is 1.00 bits per heavy atom. The molecule has 0 unspecified atom stereocenters. The monoisotopic (exact) mass is 382 g/mol. The van der Waals surface area contributed by atoms with Crippen molar-refractivity contribution in [1.82, 2.24) is 5.32 Å². The number of nitrogens with one attached hydrogen (secondary N) is 2. The van der Waals surface area contributed by atoms with E-state index in [1.54, 1.807) is 24.3 Å². The van der Waals surface area contributed by atoms with Gasteiger partial charge in [0.2, 0.25) is 0 Å². The van der Waals surface area contributed by atoms with E-state index in [9.17, 15) is 14.4 Å². The van der Waals surface area contributed by atoms with Gasteiger partial charge in [-0.3, -0.25) is 14.4 Å². The Kier molecular flexibility index (Phi) is 7.32. The molecule has 0 fully saturated rings. The molecule has 0 aromatic heterocycles. The van der Waals surface area contributed by atoms with Crippen LogP contribution in [0.1, 0.15) is 40.9 Å². The first kappa shape index (κ1) is 21.2. The summed E-state index contributed by atoms with van der Waals surface area (Å²) < 4.78 is 5.10. The highest BCUT2D eigenvalue weighted by molar-refractivity contribution is 5.97. The minimum Gasteiger partial charge on any atom is -0.451 e. The second kappa shape index (κ2) is 9.69. The minimum absolute atomic E-state index is 0.311. The third-order valence-electron chi connectivity index (χ3n) is 4.18. The smallest absolute Gasteiger partial charge is 0.326 e. The average molecular weight is 382 g/mol. The highest BCUT2D eigenvalue weighted by Gasteiger charge is 2.18. The number of hydrogen-bond donors (Lipinski definition) is 2. The van der Waals surface area contributed by atoms with E-state index < -0.39 is 18.0 Å². The summed E-state index contributed by atoms with van der Waals surface area (Å²) in [6.07, 6.45) is -0.0627. The second-order valence-electron chi connectivity index (χ2n) is 6.73. The van der Waals surface area contributed by atoms with Crippen LogP contribution in [-0.2, 0) is 20.7 Å². The quantitative estimate of drug-likeness (QED) is 0.721. The maximum absolute atomic E-state index is 12.2. The number of benzene rings is 2. The predicted molar refractivity (Wildman–Crippen MR) is 108 cm³/mol. The van der Waals surface area contributed by atoms with Gasteiger partial charge in [-0.2, -0.15) is 0 Å². The molecule has 0 heterocycles. The van der Waals surface area contributed by atoms with E-state index in [1.165, 1.54) is 6.92 Å². The molecule has 0 saturated heterocycles. The van der Waals surface area contributed by atoms with Gasteiger partial charge < -0.3 is 15.4 Å². The molecule has 2 aromatic rings. The molecule has 0 aliphatic rings. The summed E-state index contributed by atoms with van der Waals surface area (Å²) in [5.41, 5.74) is 4.20. The Morgan fingerprint density at radius 3 is 2.18 bits per heavy atom. The Bertz CT molecular complexity index is 839. The van der Waals surface area contributed by atoms with Crippen LogP contribution in [0.15, 0.2) is 42.5 Å². The van der Waals surface area contributed by atoms with Gasteiger partial charge in [-0.1, -0.05) is 36.2 Å². The summed E-state index contributed by atoms with van der Waals surface area (Å²) in [4.78, 5) is 36.3. The van der Waals surface area contributed by atoms with Crippen molar-refractivity contribution < 1.29 is 19.1 Å². The zero-order valence-electron chi connectivity index (χ0n) is 16.7. The van der Waals surface area contributed by atoms with Crippen molar-refractivity contribution in [2.75, 3.05) is 11.9 Å². The number of amides is 2. The number of esters is 1. The first-order valence-electron chi connectivity index (χ1n) is 9.24. The van der Waals surface area contributed by atoms with Crippen molar-refractivity contribution in [3.8, 4) is 0 Å². The van der Waals surface area contributed by atoms with E-state index in [1.807, 2.05) is 39.0 Å². The van der Waals surface area contributed by atoms with Crippen LogP contribution in [0.3, 0.4) is 0 Å². The number of hydrogen-bond acceptors (Lipinski definition) is 4. The minimum atomic E-state index is -0.975. The number of anilines is 1. The summed E-state index contributed by atoms with van der Waals surface area (Å²) in [5.74, 6) is -1.48. The first-order valence-corrected chi connectivity index (χ1v) is 9.24. The van der Waals surface area contributed by atoms with Gasteiger partial charge in [0.15, 0.2) is 6.10 Å². The summed E-state index contributed by atoms with van der Waals surface area (Å²) in [6, 6.07) is 12.9. The van der Waals surface area contributed by atoms with Crippen molar-refractivity contribution in [2.24, 2.45) is 0 Å². The van der Waals surface area contributed by atoms with Crippen molar-refractivity contribution in [1.29, 1.82) is 0 Å². The van der Waals surface area contributed by atoms with Crippen molar-refractivity contribution >= 4 is 23.5 Å². The molecule has 148 valence electrons. The van der Waals surface area contributed by atoms with Crippen LogP contribution in [0.25, 0.3) is 0 Å². The Labute approximate surface area is 165 Å². The summed E-state index contributed by atoms with van der Waals surface area (Å²) in [5, 5.41) is 5.21. The third kappa shape index (κ3) is 6.23. The van der Waals surface area contributed by atoms with Crippen LogP contribution in [0.5, 0.6) is 0 Å². The molecule has 6 heteroatoms. The SMILES string of the molecule is CCc1ccc(NC(=O)[C@@H](C)OC(=O)CNC(=O)c2cc(C)cc(C)c2)cc1. The van der Waals surface area contributed by atoms with Crippen molar-refractivity contribution in [3.05, 3.63) is 64.7 Å². The van der Waals surface area contributed by atoms with Crippen LogP contribution in [0.2, 0.25) is 0 Å². The zero-order valence-corrected chi connectivity index (χ0v) is 16.7. The van der Waals surface area contributed by atoms with E-state index in [0.717, 1.165) is 23.1 Å². The molecule has 0 spiro atoms. The van der Waals surface area contributed by atoms with E-state index in [2.05, 4.69) is 10.6 Å². The van der Waals surface area contributed by atoms with Gasteiger partial charge in [-0.05, 0) is 57.0 Å². The number of aryl methyl sites for hydroxylation is 3. The molecule has 0 aliphatic heterocycles. The van der Waals surface area contributed by atoms with Crippen molar-refractivity contribution in [2.45, 2.75) is 40.2 Å². The lowest BCUT2D eigenvalue weighted by Crippen LogP contribution is -2.35. The van der Waals surface area contributed by atoms with E-state index in [-0.39, 0.29) is 12.5 Å². The van der Waals surface area contributed by atoms with Gasteiger partial charge in [0, 0.05) is 11.3 Å². The fourth-order valence-corrected chi connectivity index (χ4v) is 2.72. The molecule has 2 aromatic carbocycles. The molecule has 2 N–H and O–H groups in total. The lowest BCUT2D eigenvalue weighted by molar-refractivity contribution is -0.152. The largest absolute Gasteiger partial charge is 0.451 e. The molecule has 0 radical (unpaired) electrons. The van der Waals surface area contributed by atoms with E-state index in [4.69, 9.17) is 4.74 Å². The maximum atomic E-state index is 12.2. The van der Waals surface area contributed by atoms with Gasteiger partial charge in [0.1, 0.15) is 6.54 Å². The molecule has 28 heavy (non-hydrogen) atoms. The molecule has 6 nitrogen and oxygen atoms in total. The number of carbonyl (C=O) groups is 3. The number of ether oxygens (including phenoxy) is 1. The maximum Gasteiger partial charge on any atom is 0.326 e. The number of carbonyl (C=O) groups excluding carboxylic acids is 3. The van der Waals surface area contributed by atoms with Crippen LogP contribution in [0.4, 0.5) is 5.69 Å². The van der Waals surface area contributed by atoms with Crippen LogP contribution >= 0.6 is 0 Å². The fourth-order valence-electron chi connectivity index (χ4n) is 2.72. The van der Waals surface area contributed by atoms with Gasteiger partial charge in [-0.15, -0.1) is 0 Å². The van der Waals surface area contributed by atoms with Gasteiger partial charge in [0.25, 0.3) is 11.8 Å². The van der Waals surface area contributed by atoms with Crippen LogP contribution in [0, 0.1) is 13.8 Å². The molecular weight excluding hydrogens is 356 g/mol. The standard InChI is InChI=1S/C22H26N2O4/c1-5-17-6-8-19(9-7-17)24-21(26)16(4)28-20(25)13-23-22(27)18-11-14(2)10-15(3)12-18/h6-12,16H,5,13H2,1-4H3,(H,23,27)(H,24,26)/t16-/m1/s1. The fraction of sp³-hybridized carbons (Fsp3) is 0.318. The average Bonchev–Trinajstić information content (AvgIpc) is 2.65. The molecule has 2 rings (SSSR count). The molecule has 0 saturated carbocycles. The number of rotatable bonds is 7. The predicted octanol–water partition coefficient (Wildman–Crippen LogP) is 3.17. The topological polar surface area (TPSA) is 84.5 Å². The molecule has 0 bridgehead atoms. The Balaban J connectivity index is 1.82. The molecule has 1 atom stereocenters. The van der Waals surface area contributed by atoms with Crippen molar-refractivity contribution in [3.63, 3.8) is 0 Å². The first-order chi connectivity index (χ1) is 13.3. The summed E-state index contributed by atoms with van der Waals surface area (Å²) >= 11 is 0. The Hall–Kier alpha value is -3.15. The third-order valence-corrected chi connectivity index (χ3v) is 4.18. The second-order valence-corrected chi connectivity index (χ2v) is 6.73.